The lowest BCUT2D eigenvalue weighted by atomic mass is 9.75. The summed E-state index contributed by atoms with van der Waals surface area (Å²) in [4.78, 5) is 12.3. The van der Waals surface area contributed by atoms with Crippen molar-refractivity contribution < 1.29 is 17.9 Å². The van der Waals surface area contributed by atoms with Crippen molar-refractivity contribution in [2.75, 3.05) is 13.2 Å². The van der Waals surface area contributed by atoms with Crippen LogP contribution in [-0.2, 0) is 24.8 Å². The van der Waals surface area contributed by atoms with Gasteiger partial charge >= 0.3 is 5.97 Å². The number of hydrogen-bond donors (Lipinski definition) is 0. The average molecular weight is 310 g/mol. The van der Waals surface area contributed by atoms with Gasteiger partial charge in [0.1, 0.15) is 0 Å². The van der Waals surface area contributed by atoms with E-state index in [-0.39, 0.29) is 11.9 Å². The number of aryl methyl sites for hydroxylation is 1. The van der Waals surface area contributed by atoms with Crippen molar-refractivity contribution in [1.82, 2.24) is 0 Å². The molecule has 0 saturated heterocycles. The summed E-state index contributed by atoms with van der Waals surface area (Å²) in [6.07, 6.45) is 2.39. The van der Waals surface area contributed by atoms with Crippen LogP contribution in [0.3, 0.4) is 0 Å². The molecule has 21 heavy (non-hydrogen) atoms. The van der Waals surface area contributed by atoms with E-state index in [2.05, 4.69) is 0 Å². The number of carbonyl (C=O) groups excluding carboxylic acids is 1. The zero-order chi connectivity index (χ0) is 15.2. The summed E-state index contributed by atoms with van der Waals surface area (Å²) in [5.74, 6) is 0.198. The molecule has 1 atom stereocenters. The van der Waals surface area contributed by atoms with E-state index in [0.29, 0.717) is 24.0 Å². The van der Waals surface area contributed by atoms with Crippen molar-refractivity contribution in [3.63, 3.8) is 0 Å². The number of rotatable bonds is 7. The Labute approximate surface area is 128 Å². The largest absolute Gasteiger partial charge is 0.465 e. The maximum Gasteiger partial charge on any atom is 0.308 e. The number of esters is 1. The van der Waals surface area contributed by atoms with Gasteiger partial charge in [0, 0.05) is 0 Å². The molecule has 0 spiro atoms. The molecule has 1 unspecified atom stereocenters. The van der Waals surface area contributed by atoms with Gasteiger partial charge in [-0.05, 0) is 44.2 Å². The van der Waals surface area contributed by atoms with Gasteiger partial charge in [0.2, 0.25) is 0 Å². The van der Waals surface area contributed by atoms with Crippen LogP contribution in [0.15, 0.2) is 29.2 Å². The lowest BCUT2D eigenvalue weighted by molar-refractivity contribution is -0.153. The summed E-state index contributed by atoms with van der Waals surface area (Å²) < 4.78 is 22.5. The molecule has 2 rings (SSSR count). The van der Waals surface area contributed by atoms with Gasteiger partial charge in [-0.3, -0.25) is 8.98 Å². The van der Waals surface area contributed by atoms with Crippen molar-refractivity contribution in [1.29, 1.82) is 0 Å². The Bertz CT molecular complexity index is 492. The van der Waals surface area contributed by atoms with Crippen LogP contribution in [0.2, 0.25) is 0 Å². The highest BCUT2D eigenvalue weighted by molar-refractivity contribution is 7.80. The molecule has 1 aromatic rings. The molecule has 4 nitrogen and oxygen atoms in total. The van der Waals surface area contributed by atoms with Crippen molar-refractivity contribution >= 4 is 17.0 Å². The Morgan fingerprint density at radius 3 is 2.57 bits per heavy atom. The molecular weight excluding hydrogens is 288 g/mol. The standard InChI is InChI=1S/C16H22O4S/c1-3-8-19-16(17)14-9-13(10-14)11-20-21(18)15-6-4-12(2)5-7-15/h4-7,13-14H,3,8-11H2,1-2H3. The van der Waals surface area contributed by atoms with Crippen LogP contribution in [0.4, 0.5) is 0 Å². The first kappa shape index (κ1) is 16.2. The summed E-state index contributed by atoms with van der Waals surface area (Å²) in [6.45, 7) is 4.89. The first-order valence-electron chi connectivity index (χ1n) is 7.38. The Balaban J connectivity index is 1.68. The fourth-order valence-corrected chi connectivity index (χ4v) is 3.07. The van der Waals surface area contributed by atoms with Crippen molar-refractivity contribution in [2.24, 2.45) is 11.8 Å². The van der Waals surface area contributed by atoms with Gasteiger partial charge in [-0.2, -0.15) is 0 Å². The molecule has 0 aliphatic heterocycles. The molecule has 0 aromatic heterocycles. The Hall–Kier alpha value is -1.20. The highest BCUT2D eigenvalue weighted by Crippen LogP contribution is 2.35. The van der Waals surface area contributed by atoms with E-state index in [4.69, 9.17) is 8.92 Å². The smallest absolute Gasteiger partial charge is 0.308 e. The van der Waals surface area contributed by atoms with E-state index in [1.54, 1.807) is 0 Å². The van der Waals surface area contributed by atoms with Crippen LogP contribution in [0.1, 0.15) is 31.7 Å². The quantitative estimate of drug-likeness (QED) is 0.726. The highest BCUT2D eigenvalue weighted by atomic mass is 32.2. The van der Waals surface area contributed by atoms with E-state index >= 15 is 0 Å². The van der Waals surface area contributed by atoms with E-state index in [9.17, 15) is 9.00 Å². The molecule has 1 aromatic carbocycles. The normalized spacial score (nSPS) is 22.4. The maximum atomic E-state index is 12.0. The molecule has 0 heterocycles. The van der Waals surface area contributed by atoms with Crippen LogP contribution in [0.5, 0.6) is 0 Å². The number of carbonyl (C=O) groups is 1. The third kappa shape index (κ3) is 4.64. The van der Waals surface area contributed by atoms with E-state index in [0.717, 1.165) is 24.8 Å². The monoisotopic (exact) mass is 310 g/mol. The highest BCUT2D eigenvalue weighted by Gasteiger charge is 2.36. The summed E-state index contributed by atoms with van der Waals surface area (Å²) in [6, 6.07) is 7.47. The molecular formula is C16H22O4S. The van der Waals surface area contributed by atoms with Gasteiger partial charge in [-0.25, -0.2) is 4.21 Å². The third-order valence-electron chi connectivity index (χ3n) is 3.64. The molecule has 1 aliphatic carbocycles. The predicted molar refractivity (Wildman–Crippen MR) is 81.0 cm³/mol. The van der Waals surface area contributed by atoms with Crippen LogP contribution < -0.4 is 0 Å². The Kier molecular flexibility index (Phi) is 5.94. The van der Waals surface area contributed by atoms with Gasteiger partial charge in [-0.1, -0.05) is 24.6 Å². The zero-order valence-corrected chi connectivity index (χ0v) is 13.4. The molecule has 5 heteroatoms. The predicted octanol–water partition coefficient (Wildman–Crippen LogP) is 3.01. The first-order chi connectivity index (χ1) is 10.1. The minimum absolute atomic E-state index is 0.00189. The van der Waals surface area contributed by atoms with E-state index < -0.39 is 11.1 Å². The van der Waals surface area contributed by atoms with Crippen molar-refractivity contribution in [3.8, 4) is 0 Å². The number of ether oxygens (including phenoxy) is 1. The molecule has 0 N–H and O–H groups in total. The maximum absolute atomic E-state index is 12.0. The van der Waals surface area contributed by atoms with Crippen molar-refractivity contribution in [2.45, 2.75) is 38.0 Å². The SMILES string of the molecule is CCCOC(=O)C1CC(COS(=O)c2ccc(C)cc2)C1. The zero-order valence-electron chi connectivity index (χ0n) is 12.5. The molecule has 1 saturated carbocycles. The fraction of sp³-hybridized carbons (Fsp3) is 0.562. The lowest BCUT2D eigenvalue weighted by Gasteiger charge is -2.32. The summed E-state index contributed by atoms with van der Waals surface area (Å²) >= 11 is -1.42. The van der Waals surface area contributed by atoms with Gasteiger partial charge in [0.05, 0.1) is 24.0 Å². The van der Waals surface area contributed by atoms with Gasteiger partial charge < -0.3 is 4.74 Å². The number of benzene rings is 1. The fourth-order valence-electron chi connectivity index (χ4n) is 2.26. The Morgan fingerprint density at radius 2 is 1.95 bits per heavy atom. The van der Waals surface area contributed by atoms with Crippen LogP contribution in [0.25, 0.3) is 0 Å². The summed E-state index contributed by atoms with van der Waals surface area (Å²) in [5, 5.41) is 0. The molecule has 0 amide bonds. The molecule has 1 fully saturated rings. The topological polar surface area (TPSA) is 52.6 Å². The summed E-state index contributed by atoms with van der Waals surface area (Å²) in [7, 11) is 0. The first-order valence-corrected chi connectivity index (χ1v) is 8.46. The minimum Gasteiger partial charge on any atom is -0.465 e. The average Bonchev–Trinajstić information content (AvgIpc) is 2.43. The molecule has 0 bridgehead atoms. The van der Waals surface area contributed by atoms with Crippen LogP contribution >= 0.6 is 0 Å². The van der Waals surface area contributed by atoms with Gasteiger partial charge in [-0.15, -0.1) is 0 Å². The van der Waals surface area contributed by atoms with E-state index in [1.807, 2.05) is 38.1 Å². The van der Waals surface area contributed by atoms with Crippen LogP contribution in [-0.4, -0.2) is 23.4 Å². The second kappa shape index (κ2) is 7.71. The van der Waals surface area contributed by atoms with Crippen LogP contribution in [0, 0.1) is 18.8 Å². The number of hydrogen-bond acceptors (Lipinski definition) is 4. The Morgan fingerprint density at radius 1 is 1.29 bits per heavy atom. The van der Waals surface area contributed by atoms with Crippen molar-refractivity contribution in [3.05, 3.63) is 29.8 Å². The second-order valence-corrected chi connectivity index (χ2v) is 6.71. The molecule has 1 aliphatic rings. The minimum atomic E-state index is -1.42. The van der Waals surface area contributed by atoms with E-state index in [1.165, 1.54) is 0 Å². The second-order valence-electron chi connectivity index (χ2n) is 5.53. The summed E-state index contributed by atoms with van der Waals surface area (Å²) in [5.41, 5.74) is 1.13. The third-order valence-corrected chi connectivity index (χ3v) is 4.65. The van der Waals surface area contributed by atoms with Gasteiger partial charge in [0.15, 0.2) is 11.1 Å². The lowest BCUT2D eigenvalue weighted by Crippen LogP contribution is -2.34. The molecule has 116 valence electrons. The molecule has 0 radical (unpaired) electrons. The van der Waals surface area contributed by atoms with Gasteiger partial charge in [0.25, 0.3) is 0 Å².